The van der Waals surface area contributed by atoms with E-state index in [9.17, 15) is 9.59 Å². The zero-order valence-corrected chi connectivity index (χ0v) is 19.4. The molecule has 31 heavy (non-hydrogen) atoms. The summed E-state index contributed by atoms with van der Waals surface area (Å²) in [6.45, 7) is 5.40. The molecule has 3 aromatic rings. The molecule has 2 aromatic heterocycles. The SMILES string of the molecule is C=CCOC(=O)C1=C(C)N=c2s/c(=C\c3ccc(Cl)cc3Cl)c(=O)n2C1c1cccs1. The van der Waals surface area contributed by atoms with Crippen molar-refractivity contribution in [3.63, 3.8) is 0 Å². The Morgan fingerprint density at radius 2 is 2.16 bits per heavy atom. The smallest absolute Gasteiger partial charge is 0.338 e. The van der Waals surface area contributed by atoms with Crippen LogP contribution < -0.4 is 14.9 Å². The van der Waals surface area contributed by atoms with E-state index in [0.717, 1.165) is 4.88 Å². The number of ether oxygens (including phenoxy) is 1. The van der Waals surface area contributed by atoms with Crippen molar-refractivity contribution in [1.82, 2.24) is 4.57 Å². The Balaban J connectivity index is 1.92. The number of nitrogens with zero attached hydrogens (tertiary/aromatic N) is 2. The number of hydrogen-bond acceptors (Lipinski definition) is 6. The summed E-state index contributed by atoms with van der Waals surface area (Å²) >= 11 is 15.0. The maximum absolute atomic E-state index is 13.4. The van der Waals surface area contributed by atoms with Gasteiger partial charge in [0.2, 0.25) is 0 Å². The molecule has 0 amide bonds. The lowest BCUT2D eigenvalue weighted by molar-refractivity contribution is -0.138. The lowest BCUT2D eigenvalue weighted by Crippen LogP contribution is -2.39. The lowest BCUT2D eigenvalue weighted by Gasteiger charge is -2.23. The van der Waals surface area contributed by atoms with Crippen molar-refractivity contribution in [1.29, 1.82) is 0 Å². The zero-order chi connectivity index (χ0) is 22.1. The fourth-order valence-corrected chi connectivity index (χ4v) is 5.59. The third-order valence-electron chi connectivity index (χ3n) is 4.64. The summed E-state index contributed by atoms with van der Waals surface area (Å²) in [5, 5.41) is 2.86. The van der Waals surface area contributed by atoms with Crippen LogP contribution in [0.15, 0.2) is 69.4 Å². The highest BCUT2D eigenvalue weighted by Gasteiger charge is 2.33. The van der Waals surface area contributed by atoms with Gasteiger partial charge in [0.05, 0.1) is 15.8 Å². The number of benzene rings is 1. The Hall–Kier alpha value is -2.45. The molecule has 9 heteroatoms. The Morgan fingerprint density at radius 3 is 2.84 bits per heavy atom. The molecule has 0 radical (unpaired) electrons. The van der Waals surface area contributed by atoms with Crippen LogP contribution in [-0.4, -0.2) is 17.1 Å². The van der Waals surface area contributed by atoms with Gasteiger partial charge in [-0.2, -0.15) is 0 Å². The van der Waals surface area contributed by atoms with E-state index in [0.29, 0.717) is 36.2 Å². The van der Waals surface area contributed by atoms with E-state index in [1.807, 2.05) is 17.5 Å². The first-order chi connectivity index (χ1) is 14.9. The minimum atomic E-state index is -0.614. The number of halogens is 2. The summed E-state index contributed by atoms with van der Waals surface area (Å²) < 4.78 is 7.30. The lowest BCUT2D eigenvalue weighted by atomic mass is 10.0. The summed E-state index contributed by atoms with van der Waals surface area (Å²) in [6.07, 6.45) is 3.21. The molecule has 1 aliphatic heterocycles. The third kappa shape index (κ3) is 4.19. The van der Waals surface area contributed by atoms with E-state index < -0.39 is 12.0 Å². The summed E-state index contributed by atoms with van der Waals surface area (Å²) in [5.74, 6) is -0.519. The Labute approximate surface area is 195 Å². The number of thiazole rings is 1. The molecule has 4 rings (SSSR count). The predicted octanol–water partition coefficient (Wildman–Crippen LogP) is 4.33. The number of thiophene rings is 1. The molecule has 5 nitrogen and oxygen atoms in total. The number of rotatable bonds is 5. The number of carbonyl (C=O) groups is 1. The van der Waals surface area contributed by atoms with Crippen molar-refractivity contribution in [3.8, 4) is 0 Å². The van der Waals surface area contributed by atoms with Gasteiger partial charge in [0, 0.05) is 14.9 Å². The molecular formula is C22H16Cl2N2O3S2. The van der Waals surface area contributed by atoms with E-state index in [1.54, 1.807) is 35.8 Å². The summed E-state index contributed by atoms with van der Waals surface area (Å²) in [4.78, 5) is 32.2. The summed E-state index contributed by atoms with van der Waals surface area (Å²) in [6, 6.07) is 8.24. The first-order valence-electron chi connectivity index (χ1n) is 9.19. The van der Waals surface area contributed by atoms with Crippen molar-refractivity contribution in [2.75, 3.05) is 6.61 Å². The molecular weight excluding hydrogens is 475 g/mol. The molecule has 1 aromatic carbocycles. The second-order valence-electron chi connectivity index (χ2n) is 6.65. The van der Waals surface area contributed by atoms with E-state index in [2.05, 4.69) is 11.6 Å². The number of hydrogen-bond donors (Lipinski definition) is 0. The van der Waals surface area contributed by atoms with Gasteiger partial charge in [0.15, 0.2) is 4.80 Å². The van der Waals surface area contributed by atoms with Crippen molar-refractivity contribution in [3.05, 3.63) is 99.8 Å². The van der Waals surface area contributed by atoms with Crippen LogP contribution in [0.5, 0.6) is 0 Å². The van der Waals surface area contributed by atoms with E-state index in [-0.39, 0.29) is 12.2 Å². The van der Waals surface area contributed by atoms with Gasteiger partial charge in [-0.3, -0.25) is 9.36 Å². The number of fused-ring (bicyclic) bond motifs is 1. The van der Waals surface area contributed by atoms with Crippen LogP contribution in [0.4, 0.5) is 0 Å². The Morgan fingerprint density at radius 1 is 1.35 bits per heavy atom. The summed E-state index contributed by atoms with van der Waals surface area (Å²) in [5.41, 5.74) is 1.28. The van der Waals surface area contributed by atoms with Crippen LogP contribution in [0.25, 0.3) is 6.08 Å². The zero-order valence-electron chi connectivity index (χ0n) is 16.3. The van der Waals surface area contributed by atoms with Crippen LogP contribution in [0.3, 0.4) is 0 Å². The number of esters is 1. The first kappa shape index (κ1) is 21.8. The van der Waals surface area contributed by atoms with E-state index in [1.165, 1.54) is 28.7 Å². The highest BCUT2D eigenvalue weighted by molar-refractivity contribution is 7.10. The van der Waals surface area contributed by atoms with Gasteiger partial charge in [-0.05, 0) is 42.1 Å². The molecule has 0 aliphatic carbocycles. The van der Waals surface area contributed by atoms with Gasteiger partial charge in [0.25, 0.3) is 5.56 Å². The topological polar surface area (TPSA) is 60.7 Å². The second-order valence-corrected chi connectivity index (χ2v) is 9.48. The van der Waals surface area contributed by atoms with Crippen LogP contribution in [0.1, 0.15) is 23.4 Å². The van der Waals surface area contributed by atoms with Crippen molar-refractivity contribution in [2.24, 2.45) is 4.99 Å². The fraction of sp³-hybridized carbons (Fsp3) is 0.136. The van der Waals surface area contributed by atoms with E-state index in [4.69, 9.17) is 27.9 Å². The third-order valence-corrected chi connectivity index (χ3v) is 7.11. The molecule has 0 N–H and O–H groups in total. The van der Waals surface area contributed by atoms with Crippen LogP contribution in [0, 0.1) is 0 Å². The van der Waals surface area contributed by atoms with Crippen molar-refractivity contribution < 1.29 is 9.53 Å². The monoisotopic (exact) mass is 490 g/mol. The number of allylic oxidation sites excluding steroid dienone is 1. The quantitative estimate of drug-likeness (QED) is 0.394. The van der Waals surface area contributed by atoms with Gasteiger partial charge >= 0.3 is 5.97 Å². The first-order valence-corrected chi connectivity index (χ1v) is 11.6. The average Bonchev–Trinajstić information content (AvgIpc) is 3.36. The molecule has 3 heterocycles. The van der Waals surface area contributed by atoms with Crippen LogP contribution in [0.2, 0.25) is 10.0 Å². The molecule has 158 valence electrons. The van der Waals surface area contributed by atoms with Gasteiger partial charge < -0.3 is 4.74 Å². The Kier molecular flexibility index (Phi) is 6.29. The molecule has 1 unspecified atom stereocenters. The normalized spacial score (nSPS) is 16.1. The molecule has 0 saturated carbocycles. The molecule has 0 saturated heterocycles. The number of carbonyl (C=O) groups excluding carboxylic acids is 1. The molecule has 0 fully saturated rings. The molecule has 1 atom stereocenters. The number of aromatic nitrogens is 1. The van der Waals surface area contributed by atoms with E-state index >= 15 is 0 Å². The fourth-order valence-electron chi connectivity index (χ4n) is 3.27. The van der Waals surface area contributed by atoms with Gasteiger partial charge in [-0.15, -0.1) is 11.3 Å². The van der Waals surface area contributed by atoms with Crippen LogP contribution in [-0.2, 0) is 9.53 Å². The predicted molar refractivity (Wildman–Crippen MR) is 126 cm³/mol. The van der Waals surface area contributed by atoms with Gasteiger partial charge in [-0.25, -0.2) is 9.79 Å². The second kappa shape index (κ2) is 8.96. The average molecular weight is 491 g/mol. The highest BCUT2D eigenvalue weighted by Crippen LogP contribution is 2.33. The Bertz CT molecular complexity index is 1380. The largest absolute Gasteiger partial charge is 0.458 e. The maximum atomic E-state index is 13.4. The highest BCUT2D eigenvalue weighted by atomic mass is 35.5. The van der Waals surface area contributed by atoms with Gasteiger partial charge in [0.1, 0.15) is 12.6 Å². The summed E-state index contributed by atoms with van der Waals surface area (Å²) in [7, 11) is 0. The molecule has 0 bridgehead atoms. The van der Waals surface area contributed by atoms with Gasteiger partial charge in [-0.1, -0.05) is 59.3 Å². The standard InChI is InChI=1S/C22H16Cl2N2O3S2/c1-3-8-29-21(28)18-12(2)25-22-26(19(18)16-5-4-9-30-16)20(27)17(31-22)10-13-6-7-14(23)11-15(13)24/h3-7,9-11,19H,1,8H2,2H3/b17-10-. The van der Waals surface area contributed by atoms with Crippen molar-refractivity contribution >= 4 is 57.9 Å². The molecule has 1 aliphatic rings. The maximum Gasteiger partial charge on any atom is 0.338 e. The van der Waals surface area contributed by atoms with Crippen LogP contribution >= 0.6 is 45.9 Å². The van der Waals surface area contributed by atoms with Crippen molar-refractivity contribution in [2.45, 2.75) is 13.0 Å². The molecule has 0 spiro atoms. The minimum Gasteiger partial charge on any atom is -0.458 e. The minimum absolute atomic E-state index is 0.0757.